The molecule has 6 nitrogen and oxygen atoms in total. The smallest absolute Gasteiger partial charge is 0.250 e. The van der Waals surface area contributed by atoms with Crippen LogP contribution in [-0.4, -0.2) is 39.8 Å². The molecule has 1 aliphatic rings. The van der Waals surface area contributed by atoms with Gasteiger partial charge in [0.05, 0.1) is 20.2 Å². The SMILES string of the molecule is C=C(C(=O)c1ccc(CN2CCCCC2)cn1)c1sc2c(Cl)c(O)c(Cl)cc2c1C(N)=O. The highest BCUT2D eigenvalue weighted by Crippen LogP contribution is 2.46. The summed E-state index contributed by atoms with van der Waals surface area (Å²) in [6, 6.07) is 4.96. The lowest BCUT2D eigenvalue weighted by molar-refractivity contribution is 0.100. The second-order valence-corrected chi connectivity index (χ2v) is 9.57. The number of hydrogen-bond donors (Lipinski definition) is 2. The van der Waals surface area contributed by atoms with E-state index in [1.54, 1.807) is 12.3 Å². The number of halogens is 2. The van der Waals surface area contributed by atoms with Crippen molar-refractivity contribution < 1.29 is 14.7 Å². The van der Waals surface area contributed by atoms with E-state index in [-0.39, 0.29) is 37.5 Å². The quantitative estimate of drug-likeness (QED) is 0.362. The number of allylic oxidation sites excluding steroid dienone is 1. The number of Topliss-reactive ketones (excluding diaryl/α,β-unsaturated/α-hetero) is 1. The molecule has 3 heterocycles. The Kier molecular flexibility index (Phi) is 6.53. The van der Waals surface area contributed by atoms with Crippen LogP contribution >= 0.6 is 34.5 Å². The highest BCUT2D eigenvalue weighted by atomic mass is 35.5. The molecule has 4 rings (SSSR count). The third-order valence-electron chi connectivity index (χ3n) is 5.56. The van der Waals surface area contributed by atoms with Crippen LogP contribution in [0.15, 0.2) is 31.0 Å². The number of pyridine rings is 1. The molecule has 9 heteroatoms. The van der Waals surface area contributed by atoms with E-state index in [9.17, 15) is 14.7 Å². The number of piperidine rings is 1. The van der Waals surface area contributed by atoms with Gasteiger partial charge >= 0.3 is 0 Å². The maximum absolute atomic E-state index is 13.1. The number of rotatable bonds is 6. The van der Waals surface area contributed by atoms with Crippen molar-refractivity contribution >= 4 is 61.9 Å². The van der Waals surface area contributed by atoms with Crippen LogP contribution in [0.4, 0.5) is 0 Å². The third-order valence-corrected chi connectivity index (χ3v) is 7.61. The molecule has 1 aliphatic heterocycles. The maximum atomic E-state index is 13.1. The van der Waals surface area contributed by atoms with Crippen LogP contribution in [0, 0.1) is 0 Å². The number of amides is 1. The number of primary amides is 1. The van der Waals surface area contributed by atoms with Crippen molar-refractivity contribution in [2.45, 2.75) is 25.8 Å². The Morgan fingerprint density at radius 3 is 2.56 bits per heavy atom. The van der Waals surface area contributed by atoms with Crippen molar-refractivity contribution in [3.8, 4) is 5.75 Å². The molecule has 1 aromatic carbocycles. The predicted octanol–water partition coefficient (Wildman–Crippen LogP) is 5.29. The van der Waals surface area contributed by atoms with Crippen LogP contribution in [0.1, 0.15) is 50.5 Å². The molecule has 0 atom stereocenters. The minimum atomic E-state index is -0.747. The van der Waals surface area contributed by atoms with Gasteiger partial charge in [-0.3, -0.25) is 19.5 Å². The molecule has 1 amide bonds. The second kappa shape index (κ2) is 9.19. The van der Waals surface area contributed by atoms with Crippen LogP contribution in [0.5, 0.6) is 5.75 Å². The van der Waals surface area contributed by atoms with E-state index in [2.05, 4.69) is 16.5 Å². The molecular formula is C23H21Cl2N3O3S. The van der Waals surface area contributed by atoms with Crippen molar-refractivity contribution in [3.05, 3.63) is 62.7 Å². The Bertz CT molecular complexity index is 1230. The number of phenolic OH excluding ortho intramolecular Hbond substituents is 1. The van der Waals surface area contributed by atoms with Gasteiger partial charge in [-0.05, 0) is 43.6 Å². The number of aromatic hydroxyl groups is 1. The van der Waals surface area contributed by atoms with Crippen LogP contribution in [0.3, 0.4) is 0 Å². The molecule has 1 saturated heterocycles. The summed E-state index contributed by atoms with van der Waals surface area (Å²) in [5.74, 6) is -1.47. The molecule has 0 unspecified atom stereocenters. The van der Waals surface area contributed by atoms with Crippen molar-refractivity contribution in [1.82, 2.24) is 9.88 Å². The average Bonchev–Trinajstić information content (AvgIpc) is 3.17. The predicted molar refractivity (Wildman–Crippen MR) is 129 cm³/mol. The Morgan fingerprint density at radius 1 is 1.22 bits per heavy atom. The fraction of sp³-hybridized carbons (Fsp3) is 0.261. The molecule has 166 valence electrons. The van der Waals surface area contributed by atoms with Gasteiger partial charge in [0.1, 0.15) is 10.7 Å². The molecule has 3 N–H and O–H groups in total. The molecule has 1 fully saturated rings. The molecule has 2 aromatic heterocycles. The number of ketones is 1. The number of aromatic nitrogens is 1. The van der Waals surface area contributed by atoms with Gasteiger partial charge in [-0.25, -0.2) is 0 Å². The summed E-state index contributed by atoms with van der Waals surface area (Å²) in [5, 5.41) is 10.4. The zero-order valence-corrected chi connectivity index (χ0v) is 19.5. The monoisotopic (exact) mass is 489 g/mol. The topological polar surface area (TPSA) is 96.5 Å². The maximum Gasteiger partial charge on any atom is 0.250 e. The van der Waals surface area contributed by atoms with Gasteiger partial charge in [0.2, 0.25) is 5.78 Å². The third kappa shape index (κ3) is 4.26. The fourth-order valence-electron chi connectivity index (χ4n) is 3.90. The van der Waals surface area contributed by atoms with Crippen LogP contribution < -0.4 is 5.73 Å². The van der Waals surface area contributed by atoms with Gasteiger partial charge in [-0.1, -0.05) is 42.3 Å². The van der Waals surface area contributed by atoms with E-state index in [4.69, 9.17) is 28.9 Å². The van der Waals surface area contributed by atoms with Crippen LogP contribution in [0.2, 0.25) is 10.0 Å². The molecule has 3 aromatic rings. The molecule has 0 spiro atoms. The van der Waals surface area contributed by atoms with E-state index in [1.807, 2.05) is 6.07 Å². The summed E-state index contributed by atoms with van der Waals surface area (Å²) in [5.41, 5.74) is 7.01. The number of thiophene rings is 1. The fourth-order valence-corrected chi connectivity index (χ4v) is 5.66. The first-order valence-corrected chi connectivity index (χ1v) is 11.7. The van der Waals surface area contributed by atoms with Gasteiger partial charge in [-0.15, -0.1) is 11.3 Å². The normalized spacial score (nSPS) is 14.6. The standard InChI is InChI=1S/C23H21Cl2N3O3S/c1-12(19(29)16-6-5-13(10-27-16)11-28-7-3-2-4-8-28)21-17(23(26)31)14-9-15(24)20(30)18(25)22(14)32-21/h5-6,9-10,30H,1-4,7-8,11H2,(H2,26,31). The number of fused-ring (bicyclic) bond motifs is 1. The minimum Gasteiger partial charge on any atom is -0.505 e. The molecule has 32 heavy (non-hydrogen) atoms. The summed E-state index contributed by atoms with van der Waals surface area (Å²) in [6.45, 7) is 6.84. The summed E-state index contributed by atoms with van der Waals surface area (Å²) in [7, 11) is 0. The number of benzene rings is 1. The number of hydrogen-bond acceptors (Lipinski definition) is 6. The van der Waals surface area contributed by atoms with Crippen molar-refractivity contribution in [3.63, 3.8) is 0 Å². The lowest BCUT2D eigenvalue weighted by atomic mass is 10.0. The van der Waals surface area contributed by atoms with Crippen molar-refractivity contribution in [2.24, 2.45) is 5.73 Å². The van der Waals surface area contributed by atoms with Crippen LogP contribution in [-0.2, 0) is 6.54 Å². The summed E-state index contributed by atoms with van der Waals surface area (Å²) >= 11 is 13.3. The summed E-state index contributed by atoms with van der Waals surface area (Å²) in [6.07, 6.45) is 5.37. The molecule has 0 radical (unpaired) electrons. The number of carbonyl (C=O) groups excluding carboxylic acids is 2. The number of phenols is 1. The molecule has 0 bridgehead atoms. The lowest BCUT2D eigenvalue weighted by Crippen LogP contribution is -2.29. The Balaban J connectivity index is 1.64. The number of carbonyl (C=O) groups is 2. The zero-order valence-electron chi connectivity index (χ0n) is 17.2. The number of likely N-dealkylation sites (tertiary alicyclic amines) is 1. The van der Waals surface area contributed by atoms with Gasteiger partial charge in [0, 0.05) is 23.7 Å². The lowest BCUT2D eigenvalue weighted by Gasteiger charge is -2.26. The van der Waals surface area contributed by atoms with E-state index < -0.39 is 11.7 Å². The molecule has 0 saturated carbocycles. The highest BCUT2D eigenvalue weighted by Gasteiger charge is 2.26. The minimum absolute atomic E-state index is 0.00769. The summed E-state index contributed by atoms with van der Waals surface area (Å²) < 4.78 is 0.399. The van der Waals surface area contributed by atoms with Gasteiger partial charge < -0.3 is 10.8 Å². The highest BCUT2D eigenvalue weighted by molar-refractivity contribution is 7.21. The molecule has 0 aliphatic carbocycles. The van der Waals surface area contributed by atoms with Gasteiger partial charge in [-0.2, -0.15) is 0 Å². The van der Waals surface area contributed by atoms with Gasteiger partial charge in [0.15, 0.2) is 5.75 Å². The first-order chi connectivity index (χ1) is 15.3. The van der Waals surface area contributed by atoms with E-state index >= 15 is 0 Å². The van der Waals surface area contributed by atoms with E-state index in [0.29, 0.717) is 10.1 Å². The van der Waals surface area contributed by atoms with Crippen molar-refractivity contribution in [1.29, 1.82) is 0 Å². The first-order valence-electron chi connectivity index (χ1n) is 10.1. The second-order valence-electron chi connectivity index (χ2n) is 7.76. The van der Waals surface area contributed by atoms with E-state index in [0.717, 1.165) is 36.5 Å². The van der Waals surface area contributed by atoms with E-state index in [1.165, 1.54) is 25.3 Å². The number of nitrogens with two attached hydrogens (primary N) is 1. The number of nitrogens with zero attached hydrogens (tertiary/aromatic N) is 2. The van der Waals surface area contributed by atoms with Crippen molar-refractivity contribution in [2.75, 3.05) is 13.1 Å². The van der Waals surface area contributed by atoms with Crippen LogP contribution in [0.25, 0.3) is 15.7 Å². The molecular weight excluding hydrogens is 469 g/mol. The zero-order chi connectivity index (χ0) is 23.0. The summed E-state index contributed by atoms with van der Waals surface area (Å²) in [4.78, 5) is 32.3. The Morgan fingerprint density at radius 2 is 1.94 bits per heavy atom. The largest absolute Gasteiger partial charge is 0.505 e. The Labute approximate surface area is 199 Å². The Hall–Kier alpha value is -2.45. The first kappa shape index (κ1) is 22.7. The average molecular weight is 490 g/mol. The van der Waals surface area contributed by atoms with Gasteiger partial charge in [0.25, 0.3) is 5.91 Å².